The summed E-state index contributed by atoms with van der Waals surface area (Å²) in [7, 11) is 0. The quantitative estimate of drug-likeness (QED) is 0.630. The Morgan fingerprint density at radius 1 is 1.30 bits per heavy atom. The molecule has 0 radical (unpaired) electrons. The minimum absolute atomic E-state index is 0. The summed E-state index contributed by atoms with van der Waals surface area (Å²) < 4.78 is 0. The molecule has 27 heavy (non-hydrogen) atoms. The van der Waals surface area contributed by atoms with Gasteiger partial charge in [0.25, 0.3) is 0 Å². The average Bonchev–Trinajstić information content (AvgIpc) is 3.09. The van der Waals surface area contributed by atoms with Crippen molar-refractivity contribution in [3.8, 4) is 0 Å². The van der Waals surface area contributed by atoms with Gasteiger partial charge in [0, 0.05) is 36.9 Å². The average molecular weight is 397 g/mol. The molecule has 0 aliphatic carbocycles. The maximum absolute atomic E-state index is 12.3. The molecule has 7 heteroatoms. The van der Waals surface area contributed by atoms with E-state index in [0.717, 1.165) is 30.9 Å². The highest BCUT2D eigenvalue weighted by Crippen LogP contribution is 2.23. The van der Waals surface area contributed by atoms with E-state index in [0.29, 0.717) is 6.42 Å². The number of rotatable bonds is 8. The lowest BCUT2D eigenvalue weighted by atomic mass is 9.96. The zero-order chi connectivity index (χ0) is 19.2. The number of halogens is 1. The molecule has 0 spiro atoms. The van der Waals surface area contributed by atoms with Gasteiger partial charge in [-0.05, 0) is 51.3 Å². The molecule has 2 amide bonds. The van der Waals surface area contributed by atoms with Crippen LogP contribution in [0, 0.1) is 0 Å². The molecule has 1 aromatic rings. The Labute approximate surface area is 168 Å². The molecule has 0 bridgehead atoms. The molecule has 1 aromatic carbocycles. The maximum atomic E-state index is 12.3. The van der Waals surface area contributed by atoms with Gasteiger partial charge in [0.15, 0.2) is 0 Å². The number of carbonyl (C=O) groups excluding carboxylic acids is 2. The van der Waals surface area contributed by atoms with Gasteiger partial charge in [0.1, 0.15) is 0 Å². The number of anilines is 2. The van der Waals surface area contributed by atoms with Crippen LogP contribution in [0.5, 0.6) is 0 Å². The van der Waals surface area contributed by atoms with Crippen LogP contribution in [0.15, 0.2) is 24.3 Å². The summed E-state index contributed by atoms with van der Waals surface area (Å²) in [6.07, 6.45) is 4.09. The van der Waals surface area contributed by atoms with Crippen LogP contribution >= 0.6 is 12.4 Å². The van der Waals surface area contributed by atoms with Crippen LogP contribution in [-0.2, 0) is 9.59 Å². The highest BCUT2D eigenvalue weighted by atomic mass is 35.5. The number of amides is 2. The van der Waals surface area contributed by atoms with E-state index in [4.69, 9.17) is 5.73 Å². The lowest BCUT2D eigenvalue weighted by Gasteiger charge is -2.25. The van der Waals surface area contributed by atoms with Crippen molar-refractivity contribution in [3.63, 3.8) is 0 Å². The molecular weight excluding hydrogens is 364 g/mol. The third-order valence-corrected chi connectivity index (χ3v) is 4.76. The van der Waals surface area contributed by atoms with Crippen LogP contribution in [0.1, 0.15) is 52.9 Å². The lowest BCUT2D eigenvalue weighted by molar-refractivity contribution is -0.127. The van der Waals surface area contributed by atoms with Gasteiger partial charge in [-0.3, -0.25) is 9.59 Å². The Morgan fingerprint density at radius 2 is 1.96 bits per heavy atom. The lowest BCUT2D eigenvalue weighted by Crippen LogP contribution is -2.54. The molecule has 0 aromatic heterocycles. The topological polar surface area (TPSA) is 87.5 Å². The summed E-state index contributed by atoms with van der Waals surface area (Å²) in [6.45, 7) is 7.67. The van der Waals surface area contributed by atoms with Crippen LogP contribution in [0.3, 0.4) is 0 Å². The van der Waals surface area contributed by atoms with Gasteiger partial charge in [0.05, 0.1) is 5.54 Å². The fourth-order valence-electron chi connectivity index (χ4n) is 3.32. The van der Waals surface area contributed by atoms with Crippen molar-refractivity contribution in [3.05, 3.63) is 24.3 Å². The van der Waals surface area contributed by atoms with E-state index < -0.39 is 5.54 Å². The van der Waals surface area contributed by atoms with E-state index in [2.05, 4.69) is 21.6 Å². The zero-order valence-corrected chi connectivity index (χ0v) is 17.4. The Kier molecular flexibility index (Phi) is 9.06. The zero-order valence-electron chi connectivity index (χ0n) is 16.6. The number of nitrogens with two attached hydrogens (primary N) is 1. The van der Waals surface area contributed by atoms with Gasteiger partial charge in [-0.25, -0.2) is 0 Å². The standard InChI is InChI=1S/C20H32N4O2.ClH/c1-4-10-20(3,21)19(26)22-15(2)13-18(25)23-16-8-7-9-17(14-16)24-11-5-6-12-24;/h7-9,14-15H,4-6,10-13,21H2,1-3H3,(H,22,26)(H,23,25);1H. The van der Waals surface area contributed by atoms with Crippen molar-refractivity contribution in [1.29, 1.82) is 0 Å². The van der Waals surface area contributed by atoms with Gasteiger partial charge in [-0.15, -0.1) is 12.4 Å². The monoisotopic (exact) mass is 396 g/mol. The molecular formula is C20H33ClN4O2. The van der Waals surface area contributed by atoms with E-state index in [1.807, 2.05) is 32.0 Å². The highest BCUT2D eigenvalue weighted by molar-refractivity contribution is 5.92. The Bertz CT molecular complexity index is 630. The van der Waals surface area contributed by atoms with E-state index in [1.54, 1.807) is 6.92 Å². The van der Waals surface area contributed by atoms with Crippen LogP contribution in [0.4, 0.5) is 11.4 Å². The first kappa shape index (κ1) is 23.2. The smallest absolute Gasteiger partial charge is 0.240 e. The molecule has 1 fully saturated rings. The maximum Gasteiger partial charge on any atom is 0.240 e. The van der Waals surface area contributed by atoms with Crippen molar-refractivity contribution < 1.29 is 9.59 Å². The Hall–Kier alpha value is -1.79. The second kappa shape index (κ2) is 10.5. The predicted octanol–water partition coefficient (Wildman–Crippen LogP) is 3.06. The third-order valence-electron chi connectivity index (χ3n) is 4.76. The van der Waals surface area contributed by atoms with Gasteiger partial charge < -0.3 is 21.3 Å². The molecule has 1 aliphatic rings. The molecule has 2 rings (SSSR count). The molecule has 2 atom stereocenters. The van der Waals surface area contributed by atoms with Gasteiger partial charge >= 0.3 is 0 Å². The van der Waals surface area contributed by atoms with Crippen molar-refractivity contribution in [2.24, 2.45) is 5.73 Å². The number of hydrogen-bond donors (Lipinski definition) is 3. The number of benzene rings is 1. The van der Waals surface area contributed by atoms with Crippen molar-refractivity contribution in [2.75, 3.05) is 23.3 Å². The molecule has 152 valence electrons. The summed E-state index contributed by atoms with van der Waals surface area (Å²) in [5.74, 6) is -0.332. The van der Waals surface area contributed by atoms with E-state index in [9.17, 15) is 9.59 Å². The van der Waals surface area contributed by atoms with E-state index >= 15 is 0 Å². The van der Waals surface area contributed by atoms with Crippen molar-refractivity contribution >= 4 is 35.6 Å². The Balaban J connectivity index is 0.00000364. The van der Waals surface area contributed by atoms with Crippen LogP contribution in [-0.4, -0.2) is 36.5 Å². The number of hydrogen-bond acceptors (Lipinski definition) is 4. The minimum Gasteiger partial charge on any atom is -0.371 e. The van der Waals surface area contributed by atoms with Crippen LogP contribution in [0.2, 0.25) is 0 Å². The minimum atomic E-state index is -0.899. The van der Waals surface area contributed by atoms with Gasteiger partial charge in [0.2, 0.25) is 11.8 Å². The first-order valence-corrected chi connectivity index (χ1v) is 9.56. The number of nitrogens with one attached hydrogen (secondary N) is 2. The summed E-state index contributed by atoms with van der Waals surface area (Å²) in [5, 5.41) is 5.77. The summed E-state index contributed by atoms with van der Waals surface area (Å²) in [6, 6.07) is 7.64. The van der Waals surface area contributed by atoms with E-state index in [-0.39, 0.29) is 36.7 Å². The fraction of sp³-hybridized carbons (Fsp3) is 0.600. The number of carbonyl (C=O) groups is 2. The van der Waals surface area contributed by atoms with Crippen molar-refractivity contribution in [1.82, 2.24) is 5.32 Å². The van der Waals surface area contributed by atoms with Crippen LogP contribution in [0.25, 0.3) is 0 Å². The molecule has 6 nitrogen and oxygen atoms in total. The Morgan fingerprint density at radius 3 is 2.59 bits per heavy atom. The molecule has 2 unspecified atom stereocenters. The largest absolute Gasteiger partial charge is 0.371 e. The summed E-state index contributed by atoms with van der Waals surface area (Å²) in [4.78, 5) is 26.9. The summed E-state index contributed by atoms with van der Waals surface area (Å²) in [5.41, 5.74) is 7.06. The van der Waals surface area contributed by atoms with Gasteiger partial charge in [-0.2, -0.15) is 0 Å². The van der Waals surface area contributed by atoms with Gasteiger partial charge in [-0.1, -0.05) is 19.4 Å². The first-order chi connectivity index (χ1) is 12.3. The molecule has 4 N–H and O–H groups in total. The fourth-order valence-corrected chi connectivity index (χ4v) is 3.32. The molecule has 1 aliphatic heterocycles. The SMILES string of the molecule is CCCC(C)(N)C(=O)NC(C)CC(=O)Nc1cccc(N2CCCC2)c1.Cl. The van der Waals surface area contributed by atoms with E-state index in [1.165, 1.54) is 12.8 Å². The normalized spacial score (nSPS) is 16.8. The molecule has 1 heterocycles. The third kappa shape index (κ3) is 7.03. The molecule has 1 saturated heterocycles. The first-order valence-electron chi connectivity index (χ1n) is 9.56. The highest BCUT2D eigenvalue weighted by Gasteiger charge is 2.28. The second-order valence-corrected chi connectivity index (χ2v) is 7.54. The van der Waals surface area contributed by atoms with Crippen LogP contribution < -0.4 is 21.3 Å². The summed E-state index contributed by atoms with van der Waals surface area (Å²) >= 11 is 0. The molecule has 0 saturated carbocycles. The van der Waals surface area contributed by atoms with Crippen molar-refractivity contribution in [2.45, 2.75) is 64.5 Å². The number of nitrogens with zero attached hydrogens (tertiary/aromatic N) is 1. The second-order valence-electron chi connectivity index (χ2n) is 7.54. The predicted molar refractivity (Wildman–Crippen MR) is 113 cm³/mol.